The highest BCUT2D eigenvalue weighted by molar-refractivity contribution is 7.89. The number of primary sulfonamides is 1. The molecular formula is C15H16N4O3S2. The molecule has 0 bridgehead atoms. The molecule has 2 aromatic carbocycles. The van der Waals surface area contributed by atoms with Crippen molar-refractivity contribution in [1.82, 2.24) is 4.98 Å². The predicted octanol–water partition coefficient (Wildman–Crippen LogP) is 2.78. The normalized spacial score (nSPS) is 11.4. The van der Waals surface area contributed by atoms with Gasteiger partial charge in [-0.1, -0.05) is 11.3 Å². The molecule has 24 heavy (non-hydrogen) atoms. The fraction of sp³-hybridized carbons (Fsp3) is 0.133. The van der Waals surface area contributed by atoms with E-state index < -0.39 is 10.0 Å². The van der Waals surface area contributed by atoms with Gasteiger partial charge in [0.1, 0.15) is 5.75 Å². The van der Waals surface area contributed by atoms with E-state index in [9.17, 15) is 8.42 Å². The van der Waals surface area contributed by atoms with Crippen LogP contribution < -0.4 is 20.7 Å². The van der Waals surface area contributed by atoms with Crippen molar-refractivity contribution in [2.24, 2.45) is 5.14 Å². The number of nitrogens with two attached hydrogens (primary N) is 1. The fourth-order valence-corrected chi connectivity index (χ4v) is 3.43. The number of sulfonamides is 1. The quantitative estimate of drug-likeness (QED) is 0.581. The summed E-state index contributed by atoms with van der Waals surface area (Å²) in [4.78, 5) is 4.53. The summed E-state index contributed by atoms with van der Waals surface area (Å²) in [5.41, 5.74) is 7.53. The summed E-state index contributed by atoms with van der Waals surface area (Å²) in [7, 11) is -3.68. The molecule has 0 fully saturated rings. The van der Waals surface area contributed by atoms with Crippen molar-refractivity contribution in [1.29, 1.82) is 0 Å². The molecule has 0 saturated carbocycles. The number of hydrogen-bond acceptors (Lipinski definition) is 7. The molecule has 0 radical (unpaired) electrons. The smallest absolute Gasteiger partial charge is 0.238 e. The maximum absolute atomic E-state index is 11.2. The van der Waals surface area contributed by atoms with Crippen molar-refractivity contribution < 1.29 is 13.2 Å². The monoisotopic (exact) mass is 364 g/mol. The summed E-state index contributed by atoms with van der Waals surface area (Å²) in [6.07, 6.45) is 0. The topological polar surface area (TPSA) is 106 Å². The van der Waals surface area contributed by atoms with Gasteiger partial charge in [-0.3, -0.25) is 10.9 Å². The molecule has 1 heterocycles. The second-order valence-electron chi connectivity index (χ2n) is 4.90. The highest BCUT2D eigenvalue weighted by atomic mass is 32.2. The van der Waals surface area contributed by atoms with Gasteiger partial charge in [-0.05, 0) is 49.4 Å². The van der Waals surface area contributed by atoms with E-state index in [0.29, 0.717) is 17.4 Å². The Hall–Kier alpha value is -2.36. The SMILES string of the molecule is CCOc1ccc2nc(NNc3ccc(S(N)(=O)=O)cc3)sc2c1. The summed E-state index contributed by atoms with van der Waals surface area (Å²) in [6, 6.07) is 11.8. The molecule has 7 nitrogen and oxygen atoms in total. The second-order valence-corrected chi connectivity index (χ2v) is 7.49. The minimum Gasteiger partial charge on any atom is -0.494 e. The van der Waals surface area contributed by atoms with E-state index in [1.807, 2.05) is 25.1 Å². The van der Waals surface area contributed by atoms with E-state index in [1.54, 1.807) is 12.1 Å². The summed E-state index contributed by atoms with van der Waals surface area (Å²) in [5.74, 6) is 0.812. The molecule has 4 N–H and O–H groups in total. The maximum Gasteiger partial charge on any atom is 0.238 e. The van der Waals surface area contributed by atoms with E-state index in [4.69, 9.17) is 9.88 Å². The van der Waals surface area contributed by atoms with E-state index in [0.717, 1.165) is 16.0 Å². The van der Waals surface area contributed by atoms with Crippen LogP contribution in [-0.4, -0.2) is 20.0 Å². The Balaban J connectivity index is 1.71. The van der Waals surface area contributed by atoms with Gasteiger partial charge in [0.2, 0.25) is 15.2 Å². The number of hydrogen-bond donors (Lipinski definition) is 3. The Morgan fingerprint density at radius 3 is 2.58 bits per heavy atom. The molecule has 3 rings (SSSR count). The van der Waals surface area contributed by atoms with Gasteiger partial charge in [0.05, 0.1) is 27.4 Å². The van der Waals surface area contributed by atoms with Crippen LogP contribution in [0.2, 0.25) is 0 Å². The van der Waals surface area contributed by atoms with Gasteiger partial charge in [0, 0.05) is 0 Å². The van der Waals surface area contributed by atoms with Gasteiger partial charge in [0.15, 0.2) is 0 Å². The first-order valence-electron chi connectivity index (χ1n) is 7.14. The molecule has 0 aliphatic heterocycles. The van der Waals surface area contributed by atoms with Crippen LogP contribution in [0.15, 0.2) is 47.4 Å². The Bertz CT molecular complexity index is 953. The van der Waals surface area contributed by atoms with Crippen LogP contribution in [-0.2, 0) is 10.0 Å². The minimum atomic E-state index is -3.68. The first-order chi connectivity index (χ1) is 11.5. The number of thiazole rings is 1. The maximum atomic E-state index is 11.2. The average Bonchev–Trinajstić information content (AvgIpc) is 2.95. The fourth-order valence-electron chi connectivity index (χ4n) is 2.07. The van der Waals surface area contributed by atoms with Crippen molar-refractivity contribution in [2.45, 2.75) is 11.8 Å². The van der Waals surface area contributed by atoms with Crippen LogP contribution in [0.4, 0.5) is 10.8 Å². The van der Waals surface area contributed by atoms with Crippen molar-refractivity contribution in [3.63, 3.8) is 0 Å². The van der Waals surface area contributed by atoms with Crippen LogP contribution in [0, 0.1) is 0 Å². The first kappa shape index (κ1) is 16.5. The molecule has 126 valence electrons. The van der Waals surface area contributed by atoms with Crippen molar-refractivity contribution >= 4 is 42.4 Å². The number of fused-ring (bicyclic) bond motifs is 1. The molecule has 0 amide bonds. The third-order valence-electron chi connectivity index (χ3n) is 3.17. The molecule has 1 aromatic heterocycles. The van der Waals surface area contributed by atoms with Gasteiger partial charge in [0.25, 0.3) is 0 Å². The number of nitrogens with zero attached hydrogens (tertiary/aromatic N) is 1. The van der Waals surface area contributed by atoms with Crippen molar-refractivity contribution in [2.75, 3.05) is 17.5 Å². The number of ether oxygens (including phenoxy) is 1. The first-order valence-corrected chi connectivity index (χ1v) is 9.50. The highest BCUT2D eigenvalue weighted by Crippen LogP contribution is 2.29. The van der Waals surface area contributed by atoms with Crippen molar-refractivity contribution in [3.05, 3.63) is 42.5 Å². The lowest BCUT2D eigenvalue weighted by Crippen LogP contribution is -2.12. The molecule has 0 spiro atoms. The number of aromatic nitrogens is 1. The summed E-state index contributed by atoms with van der Waals surface area (Å²) in [6.45, 7) is 2.56. The molecule has 0 atom stereocenters. The zero-order chi connectivity index (χ0) is 17.2. The average molecular weight is 364 g/mol. The van der Waals surface area contributed by atoms with Gasteiger partial charge in [-0.25, -0.2) is 18.5 Å². The predicted molar refractivity (Wildman–Crippen MR) is 95.8 cm³/mol. The van der Waals surface area contributed by atoms with Crippen LogP contribution in [0.3, 0.4) is 0 Å². The zero-order valence-electron chi connectivity index (χ0n) is 12.8. The molecule has 0 unspecified atom stereocenters. The number of anilines is 2. The Morgan fingerprint density at radius 2 is 1.92 bits per heavy atom. The lowest BCUT2D eigenvalue weighted by atomic mass is 10.3. The standard InChI is InChI=1S/C15H16N4O3S2/c1-2-22-11-5-8-13-14(9-11)23-15(17-13)19-18-10-3-6-12(7-4-10)24(16,20)21/h3-9,18H,2H2,1H3,(H,17,19)(H2,16,20,21). The second kappa shape index (κ2) is 6.63. The van der Waals surface area contributed by atoms with Gasteiger partial charge >= 0.3 is 0 Å². The Labute approximate surface area is 143 Å². The number of benzene rings is 2. The molecule has 0 saturated heterocycles. The number of hydrazine groups is 1. The minimum absolute atomic E-state index is 0.0662. The number of nitrogens with one attached hydrogen (secondary N) is 2. The van der Waals surface area contributed by atoms with Gasteiger partial charge in [-0.15, -0.1) is 0 Å². The van der Waals surface area contributed by atoms with E-state index >= 15 is 0 Å². The lowest BCUT2D eigenvalue weighted by Gasteiger charge is -2.07. The van der Waals surface area contributed by atoms with Crippen LogP contribution in [0.5, 0.6) is 5.75 Å². The molecule has 0 aliphatic rings. The number of rotatable bonds is 6. The van der Waals surface area contributed by atoms with Crippen molar-refractivity contribution in [3.8, 4) is 5.75 Å². The third-order valence-corrected chi connectivity index (χ3v) is 5.03. The molecule has 0 aliphatic carbocycles. The van der Waals surface area contributed by atoms with Gasteiger partial charge in [-0.2, -0.15) is 0 Å². The van der Waals surface area contributed by atoms with E-state index in [1.165, 1.54) is 23.5 Å². The summed E-state index contributed by atoms with van der Waals surface area (Å²) in [5, 5.41) is 5.76. The highest BCUT2D eigenvalue weighted by Gasteiger charge is 2.07. The third kappa shape index (κ3) is 3.75. The summed E-state index contributed by atoms with van der Waals surface area (Å²) < 4.78 is 28.9. The Kier molecular flexibility index (Phi) is 4.56. The molecule has 9 heteroatoms. The zero-order valence-corrected chi connectivity index (χ0v) is 14.4. The summed E-state index contributed by atoms with van der Waals surface area (Å²) >= 11 is 1.48. The van der Waals surface area contributed by atoms with E-state index in [-0.39, 0.29) is 4.90 Å². The van der Waals surface area contributed by atoms with Crippen LogP contribution >= 0.6 is 11.3 Å². The Morgan fingerprint density at radius 1 is 1.17 bits per heavy atom. The lowest BCUT2D eigenvalue weighted by molar-refractivity contribution is 0.341. The van der Waals surface area contributed by atoms with Crippen LogP contribution in [0.25, 0.3) is 10.2 Å². The molecular weight excluding hydrogens is 348 g/mol. The van der Waals surface area contributed by atoms with Crippen LogP contribution in [0.1, 0.15) is 6.92 Å². The molecule has 3 aromatic rings. The van der Waals surface area contributed by atoms with E-state index in [2.05, 4.69) is 15.8 Å². The largest absolute Gasteiger partial charge is 0.494 e. The van der Waals surface area contributed by atoms with Gasteiger partial charge < -0.3 is 4.74 Å².